The van der Waals surface area contributed by atoms with Gasteiger partial charge in [-0.15, -0.1) is 0 Å². The molecule has 2 aromatic rings. The van der Waals surface area contributed by atoms with E-state index in [1.54, 1.807) is 25.1 Å². The highest BCUT2D eigenvalue weighted by Gasteiger charge is 2.14. The lowest BCUT2D eigenvalue weighted by Crippen LogP contribution is -2.33. The van der Waals surface area contributed by atoms with Crippen molar-refractivity contribution >= 4 is 23.7 Å². The van der Waals surface area contributed by atoms with E-state index in [1.165, 1.54) is 12.6 Å². The average molecular weight is 389 g/mol. The van der Waals surface area contributed by atoms with Crippen molar-refractivity contribution in [3.05, 3.63) is 59.1 Å². The summed E-state index contributed by atoms with van der Waals surface area (Å²) in [6.45, 7) is 4.53. The van der Waals surface area contributed by atoms with E-state index in [0.29, 0.717) is 17.4 Å². The topological polar surface area (TPSA) is 59.9 Å². The summed E-state index contributed by atoms with van der Waals surface area (Å²) in [6.07, 6.45) is 4.17. The van der Waals surface area contributed by atoms with Crippen molar-refractivity contribution in [3.8, 4) is 11.5 Å². The molecule has 1 N–H and O–H groups in total. The van der Waals surface area contributed by atoms with Crippen LogP contribution in [0.1, 0.15) is 38.7 Å². The number of carbonyl (C=O) groups is 1. The molecule has 1 amide bonds. The van der Waals surface area contributed by atoms with Crippen LogP contribution in [0.25, 0.3) is 0 Å². The van der Waals surface area contributed by atoms with Crippen LogP contribution in [0.3, 0.4) is 0 Å². The molecule has 0 aromatic heterocycles. The van der Waals surface area contributed by atoms with E-state index in [0.717, 1.165) is 24.2 Å². The first-order chi connectivity index (χ1) is 13.1. The summed E-state index contributed by atoms with van der Waals surface area (Å²) in [5.41, 5.74) is 3.18. The summed E-state index contributed by atoms with van der Waals surface area (Å²) in [6, 6.07) is 14.5. The standard InChI is InChI=1S/C21H25ClN2O3/c1-3-4-7-14-26-18-10-12-19(13-11-18)27-16(2)21(25)24-23-15-17-8-5-6-9-20(17)22/h5-6,8-13,15-16H,3-4,7,14H2,1-2H3,(H,24,25)/b23-15-/t16-/m1/s1. The molecule has 0 spiro atoms. The minimum absolute atomic E-state index is 0.349. The number of hydrogen-bond donors (Lipinski definition) is 1. The molecule has 0 aliphatic heterocycles. The number of amides is 1. The van der Waals surface area contributed by atoms with Crippen molar-refractivity contribution in [2.75, 3.05) is 6.61 Å². The van der Waals surface area contributed by atoms with E-state index in [4.69, 9.17) is 21.1 Å². The zero-order valence-corrected chi connectivity index (χ0v) is 16.4. The van der Waals surface area contributed by atoms with E-state index >= 15 is 0 Å². The first-order valence-corrected chi connectivity index (χ1v) is 9.45. The van der Waals surface area contributed by atoms with Crippen LogP contribution in [0.15, 0.2) is 53.6 Å². The molecule has 144 valence electrons. The third-order valence-electron chi connectivity index (χ3n) is 3.81. The van der Waals surface area contributed by atoms with Gasteiger partial charge < -0.3 is 9.47 Å². The first-order valence-electron chi connectivity index (χ1n) is 9.07. The van der Waals surface area contributed by atoms with Gasteiger partial charge in [-0.1, -0.05) is 49.6 Å². The lowest BCUT2D eigenvalue weighted by atomic mass is 10.2. The molecule has 0 saturated carbocycles. The monoisotopic (exact) mass is 388 g/mol. The number of rotatable bonds is 10. The summed E-state index contributed by atoms with van der Waals surface area (Å²) in [5.74, 6) is 1.03. The quantitative estimate of drug-likeness (QED) is 0.360. The van der Waals surface area contributed by atoms with Gasteiger partial charge >= 0.3 is 0 Å². The third-order valence-corrected chi connectivity index (χ3v) is 4.15. The Hall–Kier alpha value is -2.53. The number of nitrogens with zero attached hydrogens (tertiary/aromatic N) is 1. The Bertz CT molecular complexity index is 747. The number of carbonyl (C=O) groups excluding carboxylic acids is 1. The van der Waals surface area contributed by atoms with Gasteiger partial charge in [-0.2, -0.15) is 5.10 Å². The largest absolute Gasteiger partial charge is 0.494 e. The molecule has 0 aliphatic rings. The molecular formula is C21H25ClN2O3. The number of nitrogens with one attached hydrogen (secondary N) is 1. The summed E-state index contributed by atoms with van der Waals surface area (Å²) >= 11 is 6.03. The molecule has 2 rings (SSSR count). The number of benzene rings is 2. The third kappa shape index (κ3) is 7.31. The molecular weight excluding hydrogens is 364 g/mol. The van der Waals surface area contributed by atoms with Crippen molar-refractivity contribution in [2.24, 2.45) is 5.10 Å². The summed E-state index contributed by atoms with van der Waals surface area (Å²) < 4.78 is 11.3. The number of hydrazone groups is 1. The van der Waals surface area contributed by atoms with Gasteiger partial charge in [-0.05, 0) is 43.7 Å². The molecule has 0 bridgehead atoms. The predicted octanol–water partition coefficient (Wildman–Crippen LogP) is 4.83. The van der Waals surface area contributed by atoms with Gasteiger partial charge in [-0.3, -0.25) is 4.79 Å². The van der Waals surface area contributed by atoms with Crippen molar-refractivity contribution in [2.45, 2.75) is 39.2 Å². The molecule has 0 fully saturated rings. The molecule has 27 heavy (non-hydrogen) atoms. The van der Waals surface area contributed by atoms with E-state index in [1.807, 2.05) is 30.3 Å². The second kappa shape index (κ2) is 11.2. The van der Waals surface area contributed by atoms with Crippen LogP contribution < -0.4 is 14.9 Å². The Morgan fingerprint density at radius 1 is 1.15 bits per heavy atom. The molecule has 0 heterocycles. The van der Waals surface area contributed by atoms with Crippen LogP contribution in [0.2, 0.25) is 5.02 Å². The maximum atomic E-state index is 12.1. The second-order valence-electron chi connectivity index (χ2n) is 6.04. The maximum Gasteiger partial charge on any atom is 0.280 e. The zero-order valence-electron chi connectivity index (χ0n) is 15.7. The predicted molar refractivity (Wildman–Crippen MR) is 109 cm³/mol. The molecule has 0 unspecified atom stereocenters. The Morgan fingerprint density at radius 2 is 1.85 bits per heavy atom. The highest BCUT2D eigenvalue weighted by atomic mass is 35.5. The number of hydrogen-bond acceptors (Lipinski definition) is 4. The lowest BCUT2D eigenvalue weighted by molar-refractivity contribution is -0.127. The van der Waals surface area contributed by atoms with Crippen LogP contribution in [0, 0.1) is 0 Å². The van der Waals surface area contributed by atoms with Crippen LogP contribution in [0.4, 0.5) is 0 Å². The fraction of sp³-hybridized carbons (Fsp3) is 0.333. The Balaban J connectivity index is 1.79. The van der Waals surface area contributed by atoms with Crippen LogP contribution >= 0.6 is 11.6 Å². The summed E-state index contributed by atoms with van der Waals surface area (Å²) in [7, 11) is 0. The van der Waals surface area contributed by atoms with Gasteiger partial charge in [0.2, 0.25) is 0 Å². The van der Waals surface area contributed by atoms with Gasteiger partial charge in [0.1, 0.15) is 11.5 Å². The van der Waals surface area contributed by atoms with Crippen molar-refractivity contribution in [3.63, 3.8) is 0 Å². The van der Waals surface area contributed by atoms with Crippen LogP contribution in [0.5, 0.6) is 11.5 Å². The molecule has 0 aliphatic carbocycles. The second-order valence-corrected chi connectivity index (χ2v) is 6.45. The van der Waals surface area contributed by atoms with E-state index in [9.17, 15) is 4.79 Å². The number of ether oxygens (including phenoxy) is 2. The molecule has 0 radical (unpaired) electrons. The zero-order chi connectivity index (χ0) is 19.5. The number of unbranched alkanes of at least 4 members (excludes halogenated alkanes) is 2. The lowest BCUT2D eigenvalue weighted by Gasteiger charge is -2.13. The van der Waals surface area contributed by atoms with Crippen molar-refractivity contribution in [1.29, 1.82) is 0 Å². The average Bonchev–Trinajstić information content (AvgIpc) is 2.68. The highest BCUT2D eigenvalue weighted by molar-refractivity contribution is 6.33. The van der Waals surface area contributed by atoms with Crippen molar-refractivity contribution in [1.82, 2.24) is 5.43 Å². The van der Waals surface area contributed by atoms with Gasteiger partial charge in [0.15, 0.2) is 6.10 Å². The van der Waals surface area contributed by atoms with Crippen LogP contribution in [-0.2, 0) is 4.79 Å². The minimum Gasteiger partial charge on any atom is -0.494 e. The molecule has 2 aromatic carbocycles. The van der Waals surface area contributed by atoms with Crippen LogP contribution in [-0.4, -0.2) is 24.8 Å². The van der Waals surface area contributed by atoms with Crippen molar-refractivity contribution < 1.29 is 14.3 Å². The molecule has 0 saturated heterocycles. The maximum absolute atomic E-state index is 12.1. The van der Waals surface area contributed by atoms with Gasteiger partial charge in [0.25, 0.3) is 5.91 Å². The van der Waals surface area contributed by atoms with E-state index in [-0.39, 0.29) is 5.91 Å². The first kappa shape index (κ1) is 20.8. The Kier molecular flexibility index (Phi) is 8.65. The number of halogens is 1. The molecule has 5 nitrogen and oxygen atoms in total. The van der Waals surface area contributed by atoms with E-state index < -0.39 is 6.10 Å². The van der Waals surface area contributed by atoms with E-state index in [2.05, 4.69) is 17.5 Å². The fourth-order valence-electron chi connectivity index (χ4n) is 2.25. The Morgan fingerprint density at radius 3 is 2.56 bits per heavy atom. The summed E-state index contributed by atoms with van der Waals surface area (Å²) in [5, 5.41) is 4.49. The highest BCUT2D eigenvalue weighted by Crippen LogP contribution is 2.19. The fourth-order valence-corrected chi connectivity index (χ4v) is 2.43. The van der Waals surface area contributed by atoms with Gasteiger partial charge in [0, 0.05) is 10.6 Å². The normalized spacial score (nSPS) is 12.0. The molecule has 1 atom stereocenters. The minimum atomic E-state index is -0.690. The summed E-state index contributed by atoms with van der Waals surface area (Å²) in [4.78, 5) is 12.1. The Labute approximate surface area is 165 Å². The smallest absolute Gasteiger partial charge is 0.280 e. The van der Waals surface area contributed by atoms with Gasteiger partial charge in [0.05, 0.1) is 12.8 Å². The SMILES string of the molecule is CCCCCOc1ccc(O[C@H](C)C(=O)N/N=C\c2ccccc2Cl)cc1. The molecule has 6 heteroatoms. The van der Waals surface area contributed by atoms with Gasteiger partial charge in [-0.25, -0.2) is 5.43 Å².